The first kappa shape index (κ1) is 13.6. The van der Waals surface area contributed by atoms with Crippen LogP contribution in [0.15, 0.2) is 24.4 Å². The summed E-state index contributed by atoms with van der Waals surface area (Å²) in [6.45, 7) is 7.53. The quantitative estimate of drug-likeness (QED) is 0.901. The summed E-state index contributed by atoms with van der Waals surface area (Å²) < 4.78 is 0. The Bertz CT molecular complexity index is 394. The lowest BCUT2D eigenvalue weighted by Crippen LogP contribution is -2.42. The minimum Gasteiger partial charge on any atom is -0.314 e. The van der Waals surface area contributed by atoms with E-state index in [1.54, 1.807) is 11.8 Å². The van der Waals surface area contributed by atoms with Gasteiger partial charge in [-0.2, -0.15) is 0 Å². The first-order chi connectivity index (χ1) is 8.83. The molecule has 3 nitrogen and oxygen atoms in total. The summed E-state index contributed by atoms with van der Waals surface area (Å²) in [7, 11) is 0. The molecule has 0 aromatic carbocycles. The largest absolute Gasteiger partial charge is 0.314 e. The molecule has 0 spiro atoms. The Balaban J connectivity index is 1.98. The molecule has 0 aliphatic carbocycles. The Hall–Kier alpha value is -0.840. The van der Waals surface area contributed by atoms with E-state index in [0.29, 0.717) is 0 Å². The predicted molar refractivity (Wildman–Crippen MR) is 79.5 cm³/mol. The average molecular weight is 263 g/mol. The molecule has 1 N–H and O–H groups in total. The highest BCUT2D eigenvalue weighted by Crippen LogP contribution is 2.23. The van der Waals surface area contributed by atoms with E-state index in [9.17, 15) is 0 Å². The molecule has 0 bridgehead atoms. The Kier molecular flexibility index (Phi) is 5.23. The van der Waals surface area contributed by atoms with Gasteiger partial charge in [-0.1, -0.05) is 12.1 Å². The number of thioether (sulfide) groups is 1. The Labute approximate surface area is 114 Å². The van der Waals surface area contributed by atoms with E-state index in [1.807, 2.05) is 6.20 Å². The van der Waals surface area contributed by atoms with E-state index in [1.165, 1.54) is 10.5 Å². The second-order valence-corrected chi connectivity index (χ2v) is 5.28. The van der Waals surface area contributed by atoms with Crippen LogP contribution >= 0.6 is 11.8 Å². The monoisotopic (exact) mass is 263 g/mol. The van der Waals surface area contributed by atoms with E-state index >= 15 is 0 Å². The van der Waals surface area contributed by atoms with Crippen molar-refractivity contribution in [1.82, 2.24) is 15.2 Å². The minimum absolute atomic E-state index is 1.01. The molecule has 1 fully saturated rings. The van der Waals surface area contributed by atoms with Gasteiger partial charge in [0, 0.05) is 43.8 Å². The van der Waals surface area contributed by atoms with Gasteiger partial charge in [0.2, 0.25) is 0 Å². The number of aromatic nitrogens is 1. The van der Waals surface area contributed by atoms with Crippen LogP contribution in [0.1, 0.15) is 18.2 Å². The molecule has 0 radical (unpaired) electrons. The SMILES string of the molecule is CC=C(SC)c1ccc(CN2CCNCC2)cn1. The molecule has 1 aliphatic rings. The van der Waals surface area contributed by atoms with Gasteiger partial charge in [0.05, 0.1) is 5.69 Å². The summed E-state index contributed by atoms with van der Waals surface area (Å²) in [4.78, 5) is 8.26. The van der Waals surface area contributed by atoms with Crippen LogP contribution in [0, 0.1) is 0 Å². The summed E-state index contributed by atoms with van der Waals surface area (Å²) >= 11 is 1.74. The van der Waals surface area contributed by atoms with Crippen LogP contribution in [-0.2, 0) is 6.54 Å². The molecule has 1 aromatic rings. The maximum absolute atomic E-state index is 4.55. The van der Waals surface area contributed by atoms with Gasteiger partial charge in [-0.05, 0) is 24.8 Å². The summed E-state index contributed by atoms with van der Waals surface area (Å²) in [5.74, 6) is 0. The first-order valence-corrected chi connectivity index (χ1v) is 7.64. The van der Waals surface area contributed by atoms with Crippen molar-refractivity contribution in [3.63, 3.8) is 0 Å². The standard InChI is InChI=1S/C14H21N3S/c1-3-14(18-2)13-5-4-12(10-16-13)11-17-8-6-15-7-9-17/h3-5,10,15H,6-9,11H2,1-2H3. The fourth-order valence-corrected chi connectivity index (χ4v) is 2.73. The molecule has 0 saturated carbocycles. The van der Waals surface area contributed by atoms with Crippen molar-refractivity contribution in [3.05, 3.63) is 35.7 Å². The molecule has 0 amide bonds. The number of nitrogens with one attached hydrogen (secondary N) is 1. The topological polar surface area (TPSA) is 28.2 Å². The van der Waals surface area contributed by atoms with Gasteiger partial charge in [0.1, 0.15) is 0 Å². The van der Waals surface area contributed by atoms with Gasteiger partial charge in [0.15, 0.2) is 0 Å². The maximum Gasteiger partial charge on any atom is 0.0762 e. The van der Waals surface area contributed by atoms with Crippen molar-refractivity contribution in [3.8, 4) is 0 Å². The lowest BCUT2D eigenvalue weighted by Gasteiger charge is -2.27. The molecule has 0 unspecified atom stereocenters. The maximum atomic E-state index is 4.55. The van der Waals surface area contributed by atoms with Crippen molar-refractivity contribution in [1.29, 1.82) is 0 Å². The molecule has 2 rings (SSSR count). The second-order valence-electron chi connectivity index (χ2n) is 4.43. The highest BCUT2D eigenvalue weighted by Gasteiger charge is 2.10. The van der Waals surface area contributed by atoms with Gasteiger partial charge in [-0.25, -0.2) is 0 Å². The molecule has 1 aliphatic heterocycles. The zero-order chi connectivity index (χ0) is 12.8. The number of allylic oxidation sites excluding steroid dienone is 1. The van der Waals surface area contributed by atoms with Crippen LogP contribution in [0.2, 0.25) is 0 Å². The third-order valence-electron chi connectivity index (χ3n) is 3.18. The predicted octanol–water partition coefficient (Wildman–Crippen LogP) is 2.21. The zero-order valence-corrected chi connectivity index (χ0v) is 12.0. The van der Waals surface area contributed by atoms with E-state index in [4.69, 9.17) is 0 Å². The lowest BCUT2D eigenvalue weighted by atomic mass is 10.2. The van der Waals surface area contributed by atoms with Gasteiger partial charge in [-0.15, -0.1) is 11.8 Å². The number of piperazine rings is 1. The molecule has 1 saturated heterocycles. The first-order valence-electron chi connectivity index (χ1n) is 6.42. The summed E-state index contributed by atoms with van der Waals surface area (Å²) in [6, 6.07) is 4.33. The Morgan fingerprint density at radius 1 is 1.44 bits per heavy atom. The third-order valence-corrected chi connectivity index (χ3v) is 4.06. The van der Waals surface area contributed by atoms with E-state index < -0.39 is 0 Å². The van der Waals surface area contributed by atoms with Crippen LogP contribution in [0.3, 0.4) is 0 Å². The Morgan fingerprint density at radius 2 is 2.22 bits per heavy atom. The van der Waals surface area contributed by atoms with E-state index in [-0.39, 0.29) is 0 Å². The molecule has 98 valence electrons. The van der Waals surface area contributed by atoms with Crippen LogP contribution in [0.4, 0.5) is 0 Å². The molecular formula is C14H21N3S. The summed E-state index contributed by atoms with van der Waals surface area (Å²) in [6.07, 6.45) is 6.21. The lowest BCUT2D eigenvalue weighted by molar-refractivity contribution is 0.233. The molecule has 4 heteroatoms. The molecule has 2 heterocycles. The summed E-state index contributed by atoms with van der Waals surface area (Å²) in [5, 5.41) is 3.37. The normalized spacial score (nSPS) is 18.0. The van der Waals surface area contributed by atoms with Gasteiger partial charge >= 0.3 is 0 Å². The van der Waals surface area contributed by atoms with Crippen molar-refractivity contribution in [2.75, 3.05) is 32.4 Å². The smallest absolute Gasteiger partial charge is 0.0762 e. The average Bonchev–Trinajstić information content (AvgIpc) is 2.43. The highest BCUT2D eigenvalue weighted by atomic mass is 32.2. The molecular weight excluding hydrogens is 242 g/mol. The molecule has 1 aromatic heterocycles. The Morgan fingerprint density at radius 3 is 2.78 bits per heavy atom. The summed E-state index contributed by atoms with van der Waals surface area (Å²) in [5.41, 5.74) is 2.38. The fourth-order valence-electron chi connectivity index (χ4n) is 2.16. The molecule has 0 atom stereocenters. The number of rotatable bonds is 4. The number of pyridine rings is 1. The van der Waals surface area contributed by atoms with Crippen molar-refractivity contribution in [2.24, 2.45) is 0 Å². The van der Waals surface area contributed by atoms with E-state index in [2.05, 4.69) is 46.6 Å². The zero-order valence-electron chi connectivity index (χ0n) is 11.1. The van der Waals surface area contributed by atoms with Crippen molar-refractivity contribution < 1.29 is 0 Å². The van der Waals surface area contributed by atoms with Gasteiger partial charge in [0.25, 0.3) is 0 Å². The van der Waals surface area contributed by atoms with Crippen LogP contribution in [-0.4, -0.2) is 42.3 Å². The fraction of sp³-hybridized carbons (Fsp3) is 0.500. The van der Waals surface area contributed by atoms with Crippen LogP contribution in [0.25, 0.3) is 4.91 Å². The van der Waals surface area contributed by atoms with Crippen LogP contribution in [0.5, 0.6) is 0 Å². The minimum atomic E-state index is 1.01. The van der Waals surface area contributed by atoms with Crippen molar-refractivity contribution >= 4 is 16.7 Å². The van der Waals surface area contributed by atoms with Crippen molar-refractivity contribution in [2.45, 2.75) is 13.5 Å². The number of hydrogen-bond acceptors (Lipinski definition) is 4. The van der Waals surface area contributed by atoms with Gasteiger partial charge in [-0.3, -0.25) is 9.88 Å². The third kappa shape index (κ3) is 3.57. The van der Waals surface area contributed by atoms with Crippen LogP contribution < -0.4 is 5.32 Å². The number of hydrogen-bond donors (Lipinski definition) is 1. The highest BCUT2D eigenvalue weighted by molar-refractivity contribution is 8.07. The van der Waals surface area contributed by atoms with E-state index in [0.717, 1.165) is 38.4 Å². The number of nitrogens with zero attached hydrogens (tertiary/aromatic N) is 2. The second kappa shape index (κ2) is 6.92. The molecule has 18 heavy (non-hydrogen) atoms. The van der Waals surface area contributed by atoms with Gasteiger partial charge < -0.3 is 5.32 Å².